The number of rotatable bonds is 4. The van der Waals surface area contributed by atoms with E-state index >= 15 is 0 Å². The molecule has 0 amide bonds. The van der Waals surface area contributed by atoms with E-state index in [-0.39, 0.29) is 12.6 Å². The minimum atomic E-state index is -0.189. The molecule has 1 rings (SSSR count). The molecule has 0 saturated heterocycles. The van der Waals surface area contributed by atoms with Gasteiger partial charge in [0.25, 0.3) is 0 Å². The topological polar surface area (TPSA) is 55.5 Å². The van der Waals surface area contributed by atoms with E-state index in [2.05, 4.69) is 0 Å². The standard InChI is InChI=1S/C6H13NO2/c7-5(3-8)4-9-6-1-2-6/h5-6,8H,1-4,7H2/t5-/m0/s1. The van der Waals surface area contributed by atoms with Crippen LogP contribution in [0.4, 0.5) is 0 Å². The molecule has 0 aliphatic heterocycles. The molecule has 0 radical (unpaired) electrons. The minimum Gasteiger partial charge on any atom is -0.395 e. The van der Waals surface area contributed by atoms with Crippen LogP contribution in [-0.4, -0.2) is 30.5 Å². The quantitative estimate of drug-likeness (QED) is 0.540. The number of aliphatic hydroxyl groups excluding tert-OH is 1. The summed E-state index contributed by atoms with van der Waals surface area (Å²) in [6.07, 6.45) is 2.78. The highest BCUT2D eigenvalue weighted by Crippen LogP contribution is 2.23. The first-order chi connectivity index (χ1) is 4.33. The molecule has 0 aromatic heterocycles. The largest absolute Gasteiger partial charge is 0.395 e. The molecule has 1 fully saturated rings. The van der Waals surface area contributed by atoms with Gasteiger partial charge >= 0.3 is 0 Å². The molecule has 3 heteroatoms. The number of ether oxygens (including phenoxy) is 1. The maximum Gasteiger partial charge on any atom is 0.0643 e. The average Bonchev–Trinajstić information content (AvgIpc) is 2.65. The Hall–Kier alpha value is -0.120. The summed E-state index contributed by atoms with van der Waals surface area (Å²) in [5.74, 6) is 0. The van der Waals surface area contributed by atoms with Crippen LogP contribution in [0.5, 0.6) is 0 Å². The second-order valence-corrected chi connectivity index (χ2v) is 2.48. The molecule has 0 aromatic carbocycles. The zero-order valence-corrected chi connectivity index (χ0v) is 5.42. The van der Waals surface area contributed by atoms with Gasteiger partial charge < -0.3 is 15.6 Å². The Balaban J connectivity index is 1.90. The van der Waals surface area contributed by atoms with Crippen molar-refractivity contribution in [3.63, 3.8) is 0 Å². The SMILES string of the molecule is N[C@@H](CO)COC1CC1. The van der Waals surface area contributed by atoms with Crippen molar-refractivity contribution < 1.29 is 9.84 Å². The maximum atomic E-state index is 8.46. The van der Waals surface area contributed by atoms with Gasteiger partial charge in [-0.1, -0.05) is 0 Å². The zero-order chi connectivity index (χ0) is 6.69. The lowest BCUT2D eigenvalue weighted by Gasteiger charge is -2.06. The molecule has 9 heavy (non-hydrogen) atoms. The van der Waals surface area contributed by atoms with Crippen LogP contribution in [0.3, 0.4) is 0 Å². The van der Waals surface area contributed by atoms with E-state index in [0.29, 0.717) is 12.7 Å². The van der Waals surface area contributed by atoms with Gasteiger partial charge in [0.05, 0.1) is 25.4 Å². The Morgan fingerprint density at radius 1 is 1.67 bits per heavy atom. The Morgan fingerprint density at radius 2 is 2.33 bits per heavy atom. The van der Waals surface area contributed by atoms with Gasteiger partial charge in [-0.25, -0.2) is 0 Å². The van der Waals surface area contributed by atoms with Crippen molar-refractivity contribution in [2.75, 3.05) is 13.2 Å². The summed E-state index contributed by atoms with van der Waals surface area (Å²) in [4.78, 5) is 0. The maximum absolute atomic E-state index is 8.46. The van der Waals surface area contributed by atoms with Crippen LogP contribution in [-0.2, 0) is 4.74 Å². The molecule has 0 unspecified atom stereocenters. The molecule has 0 heterocycles. The second kappa shape index (κ2) is 3.15. The predicted molar refractivity (Wildman–Crippen MR) is 34.0 cm³/mol. The fraction of sp³-hybridized carbons (Fsp3) is 1.00. The molecular weight excluding hydrogens is 118 g/mol. The second-order valence-electron chi connectivity index (χ2n) is 2.48. The lowest BCUT2D eigenvalue weighted by Crippen LogP contribution is -2.30. The fourth-order valence-electron chi connectivity index (χ4n) is 0.547. The smallest absolute Gasteiger partial charge is 0.0643 e. The van der Waals surface area contributed by atoms with Crippen LogP contribution in [0, 0.1) is 0 Å². The zero-order valence-electron chi connectivity index (χ0n) is 5.42. The van der Waals surface area contributed by atoms with Crippen molar-refractivity contribution in [3.05, 3.63) is 0 Å². The van der Waals surface area contributed by atoms with Gasteiger partial charge in [-0.05, 0) is 12.8 Å². The summed E-state index contributed by atoms with van der Waals surface area (Å²) in [6.45, 7) is 0.522. The van der Waals surface area contributed by atoms with Crippen molar-refractivity contribution in [3.8, 4) is 0 Å². The molecule has 54 valence electrons. The monoisotopic (exact) mass is 131 g/mol. The number of nitrogens with two attached hydrogens (primary N) is 1. The van der Waals surface area contributed by atoms with E-state index in [1.807, 2.05) is 0 Å². The van der Waals surface area contributed by atoms with Crippen molar-refractivity contribution in [1.29, 1.82) is 0 Å². The molecular formula is C6H13NO2. The van der Waals surface area contributed by atoms with Crippen molar-refractivity contribution in [2.45, 2.75) is 25.0 Å². The Morgan fingerprint density at radius 3 is 2.78 bits per heavy atom. The predicted octanol–water partition coefficient (Wildman–Crippen LogP) is -0.515. The van der Waals surface area contributed by atoms with Gasteiger partial charge in [0.2, 0.25) is 0 Å². The van der Waals surface area contributed by atoms with E-state index in [9.17, 15) is 0 Å². The van der Waals surface area contributed by atoms with Gasteiger partial charge in [0, 0.05) is 0 Å². The van der Waals surface area contributed by atoms with Gasteiger partial charge in [-0.2, -0.15) is 0 Å². The molecule has 1 aliphatic carbocycles. The van der Waals surface area contributed by atoms with E-state index in [0.717, 1.165) is 12.8 Å². The Labute approximate surface area is 54.8 Å². The number of hydrogen-bond donors (Lipinski definition) is 2. The summed E-state index contributed by atoms with van der Waals surface area (Å²) in [6, 6.07) is -0.189. The first-order valence-electron chi connectivity index (χ1n) is 3.31. The molecule has 0 aromatic rings. The number of hydrogen-bond acceptors (Lipinski definition) is 3. The molecule has 1 atom stereocenters. The molecule has 1 saturated carbocycles. The third-order valence-corrected chi connectivity index (χ3v) is 1.30. The molecule has 3 N–H and O–H groups in total. The van der Waals surface area contributed by atoms with Gasteiger partial charge in [0.1, 0.15) is 0 Å². The highest BCUT2D eigenvalue weighted by molar-refractivity contribution is 4.74. The lowest BCUT2D eigenvalue weighted by molar-refractivity contribution is 0.0891. The van der Waals surface area contributed by atoms with Gasteiger partial charge in [0.15, 0.2) is 0 Å². The highest BCUT2D eigenvalue weighted by Gasteiger charge is 2.22. The molecule has 1 aliphatic rings. The van der Waals surface area contributed by atoms with E-state index < -0.39 is 0 Å². The van der Waals surface area contributed by atoms with Crippen LogP contribution < -0.4 is 5.73 Å². The fourth-order valence-corrected chi connectivity index (χ4v) is 0.547. The lowest BCUT2D eigenvalue weighted by atomic mass is 10.4. The summed E-state index contributed by atoms with van der Waals surface area (Å²) >= 11 is 0. The first-order valence-corrected chi connectivity index (χ1v) is 3.31. The molecule has 3 nitrogen and oxygen atoms in total. The Kier molecular flexibility index (Phi) is 2.45. The average molecular weight is 131 g/mol. The van der Waals surface area contributed by atoms with Crippen molar-refractivity contribution in [2.24, 2.45) is 5.73 Å². The van der Waals surface area contributed by atoms with Crippen LogP contribution in [0.1, 0.15) is 12.8 Å². The van der Waals surface area contributed by atoms with Gasteiger partial charge in [-0.15, -0.1) is 0 Å². The van der Waals surface area contributed by atoms with Crippen molar-refractivity contribution >= 4 is 0 Å². The Bertz CT molecular complexity index is 83.1. The van der Waals surface area contributed by atoms with Gasteiger partial charge in [-0.3, -0.25) is 0 Å². The summed E-state index contributed by atoms with van der Waals surface area (Å²) < 4.78 is 5.22. The third-order valence-electron chi connectivity index (χ3n) is 1.30. The van der Waals surface area contributed by atoms with E-state index in [1.165, 1.54) is 0 Å². The summed E-state index contributed by atoms with van der Waals surface area (Å²) in [7, 11) is 0. The first kappa shape index (κ1) is 6.99. The normalized spacial score (nSPS) is 22.0. The summed E-state index contributed by atoms with van der Waals surface area (Å²) in [5, 5.41) is 8.46. The third kappa shape index (κ3) is 2.79. The summed E-state index contributed by atoms with van der Waals surface area (Å²) in [5.41, 5.74) is 5.37. The van der Waals surface area contributed by atoms with E-state index in [4.69, 9.17) is 15.6 Å². The minimum absolute atomic E-state index is 0.0206. The number of aliphatic hydroxyl groups is 1. The van der Waals surface area contributed by atoms with Crippen molar-refractivity contribution in [1.82, 2.24) is 0 Å². The molecule has 0 bridgehead atoms. The van der Waals surface area contributed by atoms with Crippen LogP contribution in [0.25, 0.3) is 0 Å². The van der Waals surface area contributed by atoms with Crippen LogP contribution in [0.2, 0.25) is 0 Å². The van der Waals surface area contributed by atoms with Crippen LogP contribution >= 0.6 is 0 Å². The molecule has 0 spiro atoms. The van der Waals surface area contributed by atoms with E-state index in [1.54, 1.807) is 0 Å². The van der Waals surface area contributed by atoms with Crippen LogP contribution in [0.15, 0.2) is 0 Å². The highest BCUT2D eigenvalue weighted by atomic mass is 16.5.